The highest BCUT2D eigenvalue weighted by molar-refractivity contribution is 6.39. The van der Waals surface area contributed by atoms with Crippen LogP contribution >= 0.6 is 23.2 Å². The predicted octanol–water partition coefficient (Wildman–Crippen LogP) is 4.21. The van der Waals surface area contributed by atoms with E-state index in [1.165, 1.54) is 6.07 Å². The number of anilines is 1. The molecule has 0 spiro atoms. The first kappa shape index (κ1) is 18.8. The van der Waals surface area contributed by atoms with Gasteiger partial charge in [0.25, 0.3) is 0 Å². The fourth-order valence-corrected chi connectivity index (χ4v) is 3.68. The molecule has 138 valence electrons. The van der Waals surface area contributed by atoms with E-state index in [2.05, 4.69) is 10.2 Å². The van der Waals surface area contributed by atoms with Gasteiger partial charge in [-0.1, -0.05) is 47.5 Å². The van der Waals surface area contributed by atoms with Gasteiger partial charge in [-0.15, -0.1) is 0 Å². The molecule has 0 saturated carbocycles. The highest BCUT2D eigenvalue weighted by Gasteiger charge is 2.23. The highest BCUT2D eigenvalue weighted by atomic mass is 35.5. The number of amides is 2. The molecule has 2 aromatic rings. The van der Waals surface area contributed by atoms with Crippen LogP contribution in [0.25, 0.3) is 0 Å². The summed E-state index contributed by atoms with van der Waals surface area (Å²) < 4.78 is 13.6. The van der Waals surface area contributed by atoms with Gasteiger partial charge in [0.15, 0.2) is 0 Å². The van der Waals surface area contributed by atoms with Crippen LogP contribution in [-0.4, -0.2) is 43.7 Å². The van der Waals surface area contributed by atoms with Crippen LogP contribution in [0.4, 0.5) is 14.9 Å². The molecule has 7 heteroatoms. The summed E-state index contributed by atoms with van der Waals surface area (Å²) in [7, 11) is 0. The van der Waals surface area contributed by atoms with Gasteiger partial charge in [0, 0.05) is 32.7 Å². The van der Waals surface area contributed by atoms with Gasteiger partial charge in [-0.25, -0.2) is 9.18 Å². The van der Waals surface area contributed by atoms with Crippen molar-refractivity contribution in [3.05, 3.63) is 63.9 Å². The number of nitrogens with zero attached hydrogens (tertiary/aromatic N) is 2. The molecule has 1 aliphatic heterocycles. The maximum absolute atomic E-state index is 13.6. The fourth-order valence-electron chi connectivity index (χ4n) is 3.04. The zero-order valence-corrected chi connectivity index (χ0v) is 15.7. The lowest BCUT2D eigenvalue weighted by molar-refractivity contribution is 0.194. The van der Waals surface area contributed by atoms with Crippen molar-refractivity contribution in [2.45, 2.75) is 6.42 Å². The molecule has 26 heavy (non-hydrogen) atoms. The molecule has 0 aromatic heterocycles. The SMILES string of the molecule is O=C(NCCc1ccccc1F)N1CCN(c2c(Cl)cccc2Cl)CC1. The molecule has 0 radical (unpaired) electrons. The van der Waals surface area contributed by atoms with Crippen LogP contribution in [-0.2, 0) is 6.42 Å². The van der Waals surface area contributed by atoms with E-state index in [1.807, 2.05) is 18.2 Å². The number of carbonyl (C=O) groups is 1. The van der Waals surface area contributed by atoms with Gasteiger partial charge in [0.05, 0.1) is 15.7 Å². The molecular weight excluding hydrogens is 376 g/mol. The molecule has 1 saturated heterocycles. The Bertz CT molecular complexity index is 759. The zero-order chi connectivity index (χ0) is 18.5. The molecule has 0 bridgehead atoms. The second kappa shape index (κ2) is 8.60. The third-order valence-corrected chi connectivity index (χ3v) is 5.06. The molecular formula is C19H20Cl2FN3O. The van der Waals surface area contributed by atoms with E-state index < -0.39 is 0 Å². The van der Waals surface area contributed by atoms with E-state index >= 15 is 0 Å². The maximum atomic E-state index is 13.6. The van der Waals surface area contributed by atoms with Crippen LogP contribution in [0, 0.1) is 5.82 Å². The topological polar surface area (TPSA) is 35.6 Å². The van der Waals surface area contributed by atoms with Crippen LogP contribution in [0.5, 0.6) is 0 Å². The third-order valence-electron chi connectivity index (χ3n) is 4.45. The number of rotatable bonds is 4. The normalized spacial score (nSPS) is 14.4. The molecule has 2 amide bonds. The molecule has 3 rings (SSSR count). The van der Waals surface area contributed by atoms with Gasteiger partial charge in [-0.3, -0.25) is 0 Å². The second-order valence-electron chi connectivity index (χ2n) is 6.12. The summed E-state index contributed by atoms with van der Waals surface area (Å²) in [6.07, 6.45) is 0.466. The van der Waals surface area contributed by atoms with E-state index in [-0.39, 0.29) is 11.8 Å². The van der Waals surface area contributed by atoms with Crippen molar-refractivity contribution >= 4 is 34.9 Å². The van der Waals surface area contributed by atoms with E-state index in [4.69, 9.17) is 23.2 Å². The Morgan fingerprint density at radius 3 is 2.31 bits per heavy atom. The maximum Gasteiger partial charge on any atom is 0.317 e. The Morgan fingerprint density at radius 2 is 1.65 bits per heavy atom. The molecule has 1 fully saturated rings. The van der Waals surface area contributed by atoms with Crippen LogP contribution in [0.2, 0.25) is 10.0 Å². The zero-order valence-electron chi connectivity index (χ0n) is 14.2. The highest BCUT2D eigenvalue weighted by Crippen LogP contribution is 2.33. The summed E-state index contributed by atoms with van der Waals surface area (Å²) in [4.78, 5) is 16.1. The average Bonchev–Trinajstić information content (AvgIpc) is 2.63. The number of carbonyl (C=O) groups excluding carboxylic acids is 1. The van der Waals surface area contributed by atoms with Crippen molar-refractivity contribution in [1.29, 1.82) is 0 Å². The Balaban J connectivity index is 1.49. The standard InChI is InChI=1S/C19H20Cl2FN3O/c20-15-5-3-6-16(21)18(15)24-10-12-25(13-11-24)19(26)23-9-8-14-4-1-2-7-17(14)22/h1-7H,8-13H2,(H,23,26). The number of halogens is 3. The van der Waals surface area contributed by atoms with Crippen LogP contribution in [0.1, 0.15) is 5.56 Å². The van der Waals surface area contributed by atoms with Crippen molar-refractivity contribution in [2.24, 2.45) is 0 Å². The number of benzene rings is 2. The lowest BCUT2D eigenvalue weighted by atomic mass is 10.1. The summed E-state index contributed by atoms with van der Waals surface area (Å²) in [5.74, 6) is -0.244. The van der Waals surface area contributed by atoms with Gasteiger partial charge < -0.3 is 15.1 Å². The number of hydrogen-bond acceptors (Lipinski definition) is 2. The van der Waals surface area contributed by atoms with E-state index in [0.717, 1.165) is 5.69 Å². The summed E-state index contributed by atoms with van der Waals surface area (Å²) in [6.45, 7) is 2.87. The smallest absolute Gasteiger partial charge is 0.317 e. The van der Waals surface area contributed by atoms with E-state index in [1.54, 1.807) is 23.1 Å². The van der Waals surface area contributed by atoms with Crippen LogP contribution < -0.4 is 10.2 Å². The second-order valence-corrected chi connectivity index (χ2v) is 6.93. The monoisotopic (exact) mass is 395 g/mol. The minimum atomic E-state index is -0.244. The molecule has 0 unspecified atom stereocenters. The molecule has 1 heterocycles. The summed E-state index contributed by atoms with van der Waals surface area (Å²) >= 11 is 12.5. The number of nitrogens with one attached hydrogen (secondary N) is 1. The van der Waals surface area contributed by atoms with E-state index in [0.29, 0.717) is 54.8 Å². The van der Waals surface area contributed by atoms with E-state index in [9.17, 15) is 9.18 Å². The Kier molecular flexibility index (Phi) is 6.22. The van der Waals surface area contributed by atoms with Gasteiger partial charge in [0.2, 0.25) is 0 Å². The van der Waals surface area contributed by atoms with Crippen LogP contribution in [0.3, 0.4) is 0 Å². The van der Waals surface area contributed by atoms with Gasteiger partial charge >= 0.3 is 6.03 Å². The van der Waals surface area contributed by atoms with Crippen molar-refractivity contribution in [3.8, 4) is 0 Å². The first-order valence-electron chi connectivity index (χ1n) is 8.51. The van der Waals surface area contributed by atoms with Crippen LogP contribution in [0.15, 0.2) is 42.5 Å². The first-order valence-corrected chi connectivity index (χ1v) is 9.27. The molecule has 0 aliphatic carbocycles. The first-order chi connectivity index (χ1) is 12.6. The Labute approximate surface area is 162 Å². The largest absolute Gasteiger partial charge is 0.366 e. The number of para-hydroxylation sites is 1. The molecule has 1 N–H and O–H groups in total. The van der Waals surface area contributed by atoms with Crippen molar-refractivity contribution in [2.75, 3.05) is 37.6 Å². The molecule has 0 atom stereocenters. The minimum Gasteiger partial charge on any atom is -0.366 e. The predicted molar refractivity (Wildman–Crippen MR) is 104 cm³/mol. The van der Waals surface area contributed by atoms with Crippen molar-refractivity contribution in [1.82, 2.24) is 10.2 Å². The van der Waals surface area contributed by atoms with Gasteiger partial charge in [-0.2, -0.15) is 0 Å². The Hall–Kier alpha value is -1.98. The molecule has 4 nitrogen and oxygen atoms in total. The molecule has 2 aromatic carbocycles. The Morgan fingerprint density at radius 1 is 1.00 bits per heavy atom. The number of piperazine rings is 1. The number of urea groups is 1. The minimum absolute atomic E-state index is 0.133. The summed E-state index contributed by atoms with van der Waals surface area (Å²) in [6, 6.07) is 11.9. The quantitative estimate of drug-likeness (QED) is 0.841. The lowest BCUT2D eigenvalue weighted by Crippen LogP contribution is -2.52. The van der Waals surface area contributed by atoms with Crippen molar-refractivity contribution in [3.63, 3.8) is 0 Å². The lowest BCUT2D eigenvalue weighted by Gasteiger charge is -2.36. The van der Waals surface area contributed by atoms with Crippen molar-refractivity contribution < 1.29 is 9.18 Å². The van der Waals surface area contributed by atoms with Gasteiger partial charge in [0.1, 0.15) is 5.82 Å². The number of hydrogen-bond donors (Lipinski definition) is 1. The molecule has 1 aliphatic rings. The third kappa shape index (κ3) is 4.40. The summed E-state index contributed by atoms with van der Waals surface area (Å²) in [5.41, 5.74) is 1.42. The average molecular weight is 396 g/mol. The fraction of sp³-hybridized carbons (Fsp3) is 0.316. The van der Waals surface area contributed by atoms with Gasteiger partial charge in [-0.05, 0) is 30.2 Å². The summed E-state index contributed by atoms with van der Waals surface area (Å²) in [5, 5.41) is 4.08.